The first kappa shape index (κ1) is 15.9. The van der Waals surface area contributed by atoms with Crippen LogP contribution < -0.4 is 5.32 Å². The van der Waals surface area contributed by atoms with Gasteiger partial charge >= 0.3 is 0 Å². The van der Waals surface area contributed by atoms with E-state index in [2.05, 4.69) is 44.8 Å². The van der Waals surface area contributed by atoms with Crippen molar-refractivity contribution in [1.29, 1.82) is 0 Å². The minimum absolute atomic E-state index is 0.734. The lowest BCUT2D eigenvalue weighted by Gasteiger charge is -2.08. The lowest BCUT2D eigenvalue weighted by atomic mass is 10.4. The fourth-order valence-electron chi connectivity index (χ4n) is 1.55. The summed E-state index contributed by atoms with van der Waals surface area (Å²) in [5.41, 5.74) is 0. The highest BCUT2D eigenvalue weighted by atomic mass is 127. The van der Waals surface area contributed by atoms with Crippen molar-refractivity contribution in [2.75, 3.05) is 11.9 Å². The van der Waals surface area contributed by atoms with Gasteiger partial charge in [-0.05, 0) is 47.2 Å². The summed E-state index contributed by atoms with van der Waals surface area (Å²) in [6.45, 7) is 3.06. The van der Waals surface area contributed by atoms with Gasteiger partial charge in [-0.2, -0.15) is 0 Å². The van der Waals surface area contributed by atoms with Gasteiger partial charge in [-0.1, -0.05) is 24.6 Å². The molecule has 0 bridgehead atoms. The summed E-state index contributed by atoms with van der Waals surface area (Å²) in [6.07, 6.45) is 2.94. The maximum absolute atomic E-state index is 5.97. The second-order valence-electron chi connectivity index (χ2n) is 4.16. The summed E-state index contributed by atoms with van der Waals surface area (Å²) in [5, 5.41) is 4.07. The fourth-order valence-corrected chi connectivity index (χ4v) is 3.07. The van der Waals surface area contributed by atoms with Gasteiger partial charge in [0.25, 0.3) is 0 Å². The van der Waals surface area contributed by atoms with Gasteiger partial charge in [-0.25, -0.2) is 9.97 Å². The molecule has 2 aromatic rings. The zero-order valence-electron chi connectivity index (χ0n) is 11.1. The van der Waals surface area contributed by atoms with Gasteiger partial charge in [0.1, 0.15) is 11.6 Å². The molecule has 0 amide bonds. The van der Waals surface area contributed by atoms with E-state index < -0.39 is 0 Å². The predicted molar refractivity (Wildman–Crippen MR) is 94.5 cm³/mol. The van der Waals surface area contributed by atoms with Gasteiger partial charge in [-0.15, -0.1) is 11.8 Å². The Labute approximate surface area is 142 Å². The summed E-state index contributed by atoms with van der Waals surface area (Å²) < 4.78 is 1.05. The van der Waals surface area contributed by atoms with Gasteiger partial charge in [0.2, 0.25) is 0 Å². The lowest BCUT2D eigenvalue weighted by molar-refractivity contribution is 0.946. The molecule has 6 heteroatoms. The molecule has 0 unspecified atom stereocenters. The van der Waals surface area contributed by atoms with E-state index in [1.165, 1.54) is 0 Å². The topological polar surface area (TPSA) is 37.8 Å². The highest BCUT2D eigenvalue weighted by Crippen LogP contribution is 2.25. The summed E-state index contributed by atoms with van der Waals surface area (Å²) in [7, 11) is 0. The quantitative estimate of drug-likeness (QED) is 0.536. The van der Waals surface area contributed by atoms with E-state index in [0.717, 1.165) is 43.8 Å². The standard InChI is InChI=1S/C14H15ClIN3S/c1-2-6-17-14-12(16)8-18-13(19-14)9-20-11-5-3-4-10(15)7-11/h3-5,7-8H,2,6,9H2,1H3,(H,17,18,19). The van der Waals surface area contributed by atoms with E-state index >= 15 is 0 Å². The Morgan fingerprint density at radius 2 is 2.25 bits per heavy atom. The average Bonchev–Trinajstić information content (AvgIpc) is 2.45. The van der Waals surface area contributed by atoms with E-state index in [1.54, 1.807) is 11.8 Å². The van der Waals surface area contributed by atoms with Crippen LogP contribution in [-0.4, -0.2) is 16.5 Å². The first-order valence-electron chi connectivity index (χ1n) is 6.32. The number of benzene rings is 1. The molecule has 1 aromatic carbocycles. The molecule has 2 rings (SSSR count). The van der Waals surface area contributed by atoms with Gasteiger partial charge in [0.05, 0.1) is 9.32 Å². The van der Waals surface area contributed by atoms with Crippen molar-refractivity contribution in [3.05, 3.63) is 44.9 Å². The molecule has 0 saturated carbocycles. The van der Waals surface area contributed by atoms with Crippen molar-refractivity contribution in [2.45, 2.75) is 24.0 Å². The van der Waals surface area contributed by atoms with Gasteiger partial charge < -0.3 is 5.32 Å². The third-order valence-electron chi connectivity index (χ3n) is 2.50. The van der Waals surface area contributed by atoms with Crippen LogP contribution >= 0.6 is 46.0 Å². The number of thioether (sulfide) groups is 1. The van der Waals surface area contributed by atoms with Crippen LogP contribution in [0.4, 0.5) is 5.82 Å². The summed E-state index contributed by atoms with van der Waals surface area (Å²) in [5.74, 6) is 2.48. The first-order valence-corrected chi connectivity index (χ1v) is 8.77. The number of hydrogen-bond acceptors (Lipinski definition) is 4. The van der Waals surface area contributed by atoms with Crippen molar-refractivity contribution in [3.8, 4) is 0 Å². The van der Waals surface area contributed by atoms with Crippen molar-refractivity contribution >= 4 is 51.8 Å². The zero-order chi connectivity index (χ0) is 14.4. The Bertz CT molecular complexity index is 580. The van der Waals surface area contributed by atoms with E-state index in [1.807, 2.05) is 30.5 Å². The van der Waals surface area contributed by atoms with Crippen LogP contribution in [0.3, 0.4) is 0 Å². The Morgan fingerprint density at radius 3 is 3.00 bits per heavy atom. The van der Waals surface area contributed by atoms with Crippen LogP contribution in [0.25, 0.3) is 0 Å². The Hall–Kier alpha value is -0.530. The summed E-state index contributed by atoms with van der Waals surface area (Å²) in [6, 6.07) is 7.82. The van der Waals surface area contributed by atoms with Crippen molar-refractivity contribution in [1.82, 2.24) is 9.97 Å². The summed E-state index contributed by atoms with van der Waals surface area (Å²) >= 11 is 9.91. The van der Waals surface area contributed by atoms with Crippen LogP contribution in [-0.2, 0) is 5.75 Å². The molecular weight excluding hydrogens is 405 g/mol. The average molecular weight is 420 g/mol. The van der Waals surface area contributed by atoms with Crippen LogP contribution in [0.15, 0.2) is 35.4 Å². The molecule has 3 nitrogen and oxygen atoms in total. The van der Waals surface area contributed by atoms with E-state index in [4.69, 9.17) is 11.6 Å². The Kier molecular flexibility index (Phi) is 6.38. The highest BCUT2D eigenvalue weighted by Gasteiger charge is 2.05. The molecule has 1 aromatic heterocycles. The maximum Gasteiger partial charge on any atom is 0.143 e. The minimum Gasteiger partial charge on any atom is -0.369 e. The Balaban J connectivity index is 2.02. The van der Waals surface area contributed by atoms with Crippen LogP contribution in [0, 0.1) is 3.57 Å². The second kappa shape index (κ2) is 8.05. The SMILES string of the molecule is CCCNc1nc(CSc2cccc(Cl)c2)ncc1I. The predicted octanol–water partition coefficient (Wildman–Crippen LogP) is 4.85. The minimum atomic E-state index is 0.734. The van der Waals surface area contributed by atoms with Crippen LogP contribution in [0.5, 0.6) is 0 Å². The molecule has 106 valence electrons. The number of nitrogens with one attached hydrogen (secondary N) is 1. The molecule has 0 fully saturated rings. The molecule has 0 radical (unpaired) electrons. The molecule has 0 aliphatic rings. The number of aromatic nitrogens is 2. The number of nitrogens with zero attached hydrogens (tertiary/aromatic N) is 2. The maximum atomic E-state index is 5.97. The number of hydrogen-bond donors (Lipinski definition) is 1. The molecule has 0 aliphatic carbocycles. The monoisotopic (exact) mass is 419 g/mol. The van der Waals surface area contributed by atoms with E-state index in [-0.39, 0.29) is 0 Å². The smallest absolute Gasteiger partial charge is 0.143 e. The van der Waals surface area contributed by atoms with Gasteiger partial charge in [-0.3, -0.25) is 0 Å². The molecule has 0 spiro atoms. The summed E-state index contributed by atoms with van der Waals surface area (Å²) in [4.78, 5) is 10.1. The van der Waals surface area contributed by atoms with Crippen molar-refractivity contribution in [3.63, 3.8) is 0 Å². The number of halogens is 2. The van der Waals surface area contributed by atoms with Crippen LogP contribution in [0.1, 0.15) is 19.2 Å². The lowest BCUT2D eigenvalue weighted by Crippen LogP contribution is -2.06. The third kappa shape index (κ3) is 4.79. The normalized spacial score (nSPS) is 10.6. The molecule has 1 N–H and O–H groups in total. The molecule has 0 saturated heterocycles. The van der Waals surface area contributed by atoms with Crippen molar-refractivity contribution < 1.29 is 0 Å². The van der Waals surface area contributed by atoms with Gasteiger partial charge in [0, 0.05) is 22.7 Å². The van der Waals surface area contributed by atoms with E-state index in [0.29, 0.717) is 0 Å². The molecule has 0 atom stereocenters. The first-order chi connectivity index (χ1) is 9.69. The highest BCUT2D eigenvalue weighted by molar-refractivity contribution is 14.1. The molecule has 1 heterocycles. The van der Waals surface area contributed by atoms with Crippen molar-refractivity contribution in [2.24, 2.45) is 0 Å². The Morgan fingerprint density at radius 1 is 1.40 bits per heavy atom. The molecule has 0 aliphatic heterocycles. The fraction of sp³-hybridized carbons (Fsp3) is 0.286. The third-order valence-corrected chi connectivity index (χ3v) is 4.51. The number of rotatable bonds is 6. The zero-order valence-corrected chi connectivity index (χ0v) is 14.8. The van der Waals surface area contributed by atoms with Crippen LogP contribution in [0.2, 0.25) is 5.02 Å². The molecule has 20 heavy (non-hydrogen) atoms. The molecular formula is C14H15ClIN3S. The number of anilines is 1. The van der Waals surface area contributed by atoms with Gasteiger partial charge in [0.15, 0.2) is 0 Å². The second-order valence-corrected chi connectivity index (χ2v) is 6.80. The largest absolute Gasteiger partial charge is 0.369 e. The van der Waals surface area contributed by atoms with E-state index in [9.17, 15) is 0 Å².